The van der Waals surface area contributed by atoms with Gasteiger partial charge in [0.1, 0.15) is 11.4 Å². The Balaban J connectivity index is 2.80. The first-order valence-electron chi connectivity index (χ1n) is 7.93. The molecule has 1 amide bonds. The number of hydrogen-bond acceptors (Lipinski definition) is 5. The maximum Gasteiger partial charge on any atom is 0.407 e. The molecule has 1 rings (SSSR count). The fraction of sp³-hybridized carbons (Fsp3) is 0.556. The van der Waals surface area contributed by atoms with Crippen molar-refractivity contribution in [2.24, 2.45) is 0 Å². The number of para-hydroxylation sites is 1. The van der Waals surface area contributed by atoms with Gasteiger partial charge < -0.3 is 19.5 Å². The Morgan fingerprint density at radius 2 is 1.83 bits per heavy atom. The zero-order valence-corrected chi connectivity index (χ0v) is 15.0. The van der Waals surface area contributed by atoms with Crippen LogP contribution >= 0.6 is 0 Å². The van der Waals surface area contributed by atoms with E-state index in [-0.39, 0.29) is 18.4 Å². The first kappa shape index (κ1) is 19.8. The van der Waals surface area contributed by atoms with E-state index in [4.69, 9.17) is 9.47 Å². The summed E-state index contributed by atoms with van der Waals surface area (Å²) in [4.78, 5) is 23.5. The molecule has 0 bridgehead atoms. The summed E-state index contributed by atoms with van der Waals surface area (Å²) in [6, 6.07) is 7.31. The Hall–Kier alpha value is -2.24. The summed E-state index contributed by atoms with van der Waals surface area (Å²) in [5, 5.41) is 2.83. The smallest absolute Gasteiger partial charge is 0.407 e. The van der Waals surface area contributed by atoms with Gasteiger partial charge in [0, 0.05) is 12.5 Å². The van der Waals surface area contributed by atoms with Gasteiger partial charge in [-0.1, -0.05) is 18.2 Å². The molecule has 134 valence electrons. The van der Waals surface area contributed by atoms with Crippen LogP contribution in [0, 0.1) is 0 Å². The maximum absolute atomic E-state index is 12.0. The number of amides is 1. The molecule has 6 nitrogen and oxygen atoms in total. The summed E-state index contributed by atoms with van der Waals surface area (Å²) in [6.07, 6.45) is 0.684. The van der Waals surface area contributed by atoms with Gasteiger partial charge in [0.2, 0.25) is 0 Å². The van der Waals surface area contributed by atoms with Gasteiger partial charge in [-0.05, 0) is 45.2 Å². The van der Waals surface area contributed by atoms with Crippen LogP contribution in [-0.2, 0) is 20.7 Å². The lowest BCUT2D eigenvalue weighted by atomic mass is 10.0. The van der Waals surface area contributed by atoms with Crippen LogP contribution in [0.4, 0.5) is 4.79 Å². The lowest BCUT2D eigenvalue weighted by molar-refractivity contribution is -0.140. The van der Waals surface area contributed by atoms with Crippen LogP contribution < -0.4 is 10.1 Å². The highest BCUT2D eigenvalue weighted by atomic mass is 16.6. The molecule has 6 heteroatoms. The minimum atomic E-state index is -0.582. The Morgan fingerprint density at radius 3 is 2.42 bits per heavy atom. The molecule has 0 aliphatic heterocycles. The van der Waals surface area contributed by atoms with Crippen molar-refractivity contribution in [3.8, 4) is 5.75 Å². The van der Waals surface area contributed by atoms with Crippen molar-refractivity contribution in [2.75, 3.05) is 14.2 Å². The highest BCUT2D eigenvalue weighted by Gasteiger charge is 2.21. The van der Waals surface area contributed by atoms with Gasteiger partial charge in [0.05, 0.1) is 14.2 Å². The lowest BCUT2D eigenvalue weighted by Crippen LogP contribution is -2.40. The molecule has 24 heavy (non-hydrogen) atoms. The molecule has 0 unspecified atom stereocenters. The second kappa shape index (κ2) is 9.15. The molecular weight excluding hydrogens is 310 g/mol. The quantitative estimate of drug-likeness (QED) is 0.774. The summed E-state index contributed by atoms with van der Waals surface area (Å²) in [6.45, 7) is 5.41. The molecule has 0 heterocycles. The molecule has 1 aromatic carbocycles. The summed E-state index contributed by atoms with van der Waals surface area (Å²) in [5.41, 5.74) is 0.368. The van der Waals surface area contributed by atoms with Crippen LogP contribution in [0.5, 0.6) is 5.75 Å². The topological polar surface area (TPSA) is 73.9 Å². The number of alkyl carbamates (subject to hydrolysis) is 1. The van der Waals surface area contributed by atoms with Crippen molar-refractivity contribution in [2.45, 2.75) is 51.7 Å². The second-order valence-electron chi connectivity index (χ2n) is 6.47. The molecule has 0 spiro atoms. The monoisotopic (exact) mass is 337 g/mol. The number of rotatable bonds is 7. The van der Waals surface area contributed by atoms with Crippen molar-refractivity contribution in [1.82, 2.24) is 5.32 Å². The fourth-order valence-electron chi connectivity index (χ4n) is 2.23. The van der Waals surface area contributed by atoms with Gasteiger partial charge >= 0.3 is 12.1 Å². The summed E-state index contributed by atoms with van der Waals surface area (Å²) in [7, 11) is 2.95. The number of carbonyl (C=O) groups excluding carboxylic acids is 2. The standard InChI is InChI=1S/C18H27NO5/c1-18(2,3)24-17(21)19-14(10-11-16(20)23-5)12-13-8-6-7-9-15(13)22-4/h6-9,14H,10-12H2,1-5H3,(H,19,21)/t14-/m1/s1. The molecule has 0 saturated carbocycles. The van der Waals surface area contributed by atoms with E-state index in [9.17, 15) is 9.59 Å². The van der Waals surface area contributed by atoms with Crippen LogP contribution in [0.3, 0.4) is 0 Å². The third kappa shape index (κ3) is 7.35. The first-order valence-corrected chi connectivity index (χ1v) is 7.93. The molecule has 0 radical (unpaired) electrons. The van der Waals surface area contributed by atoms with E-state index >= 15 is 0 Å². The summed E-state index contributed by atoms with van der Waals surface area (Å²) >= 11 is 0. The van der Waals surface area contributed by atoms with Crippen molar-refractivity contribution in [1.29, 1.82) is 0 Å². The number of methoxy groups -OCH3 is 2. The molecule has 0 saturated heterocycles. The van der Waals surface area contributed by atoms with E-state index in [1.54, 1.807) is 27.9 Å². The van der Waals surface area contributed by atoms with Gasteiger partial charge in [0.25, 0.3) is 0 Å². The third-order valence-electron chi connectivity index (χ3n) is 3.30. The average Bonchev–Trinajstić information content (AvgIpc) is 2.50. The number of hydrogen-bond donors (Lipinski definition) is 1. The SMILES string of the molecule is COC(=O)CC[C@H](Cc1ccccc1OC)NC(=O)OC(C)(C)C. The predicted molar refractivity (Wildman–Crippen MR) is 91.1 cm³/mol. The van der Waals surface area contributed by atoms with Crippen molar-refractivity contribution in [3.05, 3.63) is 29.8 Å². The largest absolute Gasteiger partial charge is 0.496 e. The van der Waals surface area contributed by atoms with E-state index in [0.29, 0.717) is 12.8 Å². The molecular formula is C18H27NO5. The van der Waals surface area contributed by atoms with E-state index in [1.165, 1.54) is 7.11 Å². The van der Waals surface area contributed by atoms with Gasteiger partial charge in [0.15, 0.2) is 0 Å². The zero-order chi connectivity index (χ0) is 18.2. The summed E-state index contributed by atoms with van der Waals surface area (Å²) < 4.78 is 15.3. The Morgan fingerprint density at radius 1 is 1.17 bits per heavy atom. The van der Waals surface area contributed by atoms with Crippen LogP contribution in [-0.4, -0.2) is 37.9 Å². The lowest BCUT2D eigenvalue weighted by Gasteiger charge is -2.24. The van der Waals surface area contributed by atoms with Crippen LogP contribution in [0.1, 0.15) is 39.2 Å². The number of esters is 1. The molecule has 0 aromatic heterocycles. The van der Waals surface area contributed by atoms with Crippen LogP contribution in [0.2, 0.25) is 0 Å². The van der Waals surface area contributed by atoms with E-state index in [1.807, 2.05) is 24.3 Å². The predicted octanol–water partition coefficient (Wildman–Crippen LogP) is 3.08. The van der Waals surface area contributed by atoms with Crippen molar-refractivity contribution < 1.29 is 23.8 Å². The minimum Gasteiger partial charge on any atom is -0.496 e. The van der Waals surface area contributed by atoms with Gasteiger partial charge in [-0.2, -0.15) is 0 Å². The van der Waals surface area contributed by atoms with Gasteiger partial charge in [-0.3, -0.25) is 4.79 Å². The number of ether oxygens (including phenoxy) is 3. The maximum atomic E-state index is 12.0. The molecule has 1 aromatic rings. The average molecular weight is 337 g/mol. The van der Waals surface area contributed by atoms with E-state index < -0.39 is 11.7 Å². The normalized spacial score (nSPS) is 12.2. The highest BCUT2D eigenvalue weighted by Crippen LogP contribution is 2.20. The molecule has 0 fully saturated rings. The first-order chi connectivity index (χ1) is 11.2. The Labute approximate surface area is 143 Å². The number of benzene rings is 1. The Kier molecular flexibility index (Phi) is 7.55. The van der Waals surface area contributed by atoms with Crippen molar-refractivity contribution >= 4 is 12.1 Å². The molecule has 0 aliphatic carbocycles. The van der Waals surface area contributed by atoms with E-state index in [2.05, 4.69) is 10.1 Å². The highest BCUT2D eigenvalue weighted by molar-refractivity contribution is 5.70. The van der Waals surface area contributed by atoms with E-state index in [0.717, 1.165) is 11.3 Å². The fourth-order valence-corrected chi connectivity index (χ4v) is 2.23. The Bertz CT molecular complexity index is 551. The van der Waals surface area contributed by atoms with Crippen molar-refractivity contribution in [3.63, 3.8) is 0 Å². The number of nitrogens with one attached hydrogen (secondary N) is 1. The minimum absolute atomic E-state index is 0.214. The molecule has 1 atom stereocenters. The number of carbonyl (C=O) groups is 2. The molecule has 0 aliphatic rings. The second-order valence-corrected chi connectivity index (χ2v) is 6.47. The van der Waals surface area contributed by atoms with Crippen LogP contribution in [0.15, 0.2) is 24.3 Å². The molecule has 1 N–H and O–H groups in total. The summed E-state index contributed by atoms with van der Waals surface area (Å²) in [5.74, 6) is 0.428. The zero-order valence-electron chi connectivity index (χ0n) is 15.0. The third-order valence-corrected chi connectivity index (χ3v) is 3.30. The van der Waals surface area contributed by atoms with Gasteiger partial charge in [-0.15, -0.1) is 0 Å². The van der Waals surface area contributed by atoms with Gasteiger partial charge in [-0.25, -0.2) is 4.79 Å². The van der Waals surface area contributed by atoms with Crippen LogP contribution in [0.25, 0.3) is 0 Å².